The van der Waals surface area contributed by atoms with Gasteiger partial charge in [-0.1, -0.05) is 0 Å². The fourth-order valence-corrected chi connectivity index (χ4v) is 2.99. The minimum atomic E-state index is -3.15. The number of rotatable bonds is 7. The molecule has 13 nitrogen and oxygen atoms in total. The van der Waals surface area contributed by atoms with Crippen molar-refractivity contribution in [2.75, 3.05) is 65.4 Å². The maximum Gasteiger partial charge on any atom is 0.347 e. The quantitative estimate of drug-likeness (QED) is 0.140. The molecule has 1 rings (SSSR count). The zero-order valence-corrected chi connectivity index (χ0v) is 16.3. The molecule has 1 heterocycles. The fourth-order valence-electron chi connectivity index (χ4n) is 2.99. The molecular formula is C16H29N5O8. The van der Waals surface area contributed by atoms with Gasteiger partial charge in [0.25, 0.3) is 5.91 Å². The van der Waals surface area contributed by atoms with Gasteiger partial charge in [0.15, 0.2) is 0 Å². The van der Waals surface area contributed by atoms with E-state index in [2.05, 4.69) is 10.6 Å². The lowest BCUT2D eigenvalue weighted by Gasteiger charge is -2.36. The molecule has 1 amide bonds. The first-order chi connectivity index (χ1) is 13.7. The average Bonchev–Trinajstić information content (AvgIpc) is 2.64. The summed E-state index contributed by atoms with van der Waals surface area (Å²) in [6, 6.07) is 0. The van der Waals surface area contributed by atoms with Crippen LogP contribution in [0.2, 0.25) is 0 Å². The lowest BCUT2D eigenvalue weighted by atomic mass is 9.97. The van der Waals surface area contributed by atoms with Gasteiger partial charge in [0.05, 0.1) is 6.54 Å². The SMILES string of the molecule is CCN(O)C(=O)CN1CCNCCNCCN(C(C(=O)O)(C(=O)O)C(=O)O)CC1. The highest BCUT2D eigenvalue weighted by Gasteiger charge is 2.59. The maximum absolute atomic E-state index is 12.0. The van der Waals surface area contributed by atoms with Crippen LogP contribution in [0.15, 0.2) is 0 Å². The first-order valence-corrected chi connectivity index (χ1v) is 9.26. The van der Waals surface area contributed by atoms with E-state index in [1.165, 1.54) is 0 Å². The first kappa shape index (κ1) is 24.7. The van der Waals surface area contributed by atoms with Crippen LogP contribution < -0.4 is 10.6 Å². The van der Waals surface area contributed by atoms with Gasteiger partial charge in [0, 0.05) is 58.9 Å². The van der Waals surface area contributed by atoms with Crippen molar-refractivity contribution in [1.29, 1.82) is 0 Å². The predicted octanol–water partition coefficient (Wildman–Crippen LogP) is -2.99. The molecule has 0 aromatic carbocycles. The van der Waals surface area contributed by atoms with E-state index in [4.69, 9.17) is 0 Å². The molecular weight excluding hydrogens is 390 g/mol. The van der Waals surface area contributed by atoms with E-state index in [9.17, 15) is 39.7 Å². The fraction of sp³-hybridized carbons (Fsp3) is 0.750. The molecule has 0 bridgehead atoms. The highest BCUT2D eigenvalue weighted by molar-refractivity contribution is 6.21. The van der Waals surface area contributed by atoms with Crippen molar-refractivity contribution in [2.45, 2.75) is 12.5 Å². The Kier molecular flexibility index (Phi) is 9.91. The predicted molar refractivity (Wildman–Crippen MR) is 98.6 cm³/mol. The third kappa shape index (κ3) is 6.33. The van der Waals surface area contributed by atoms with E-state index in [0.29, 0.717) is 31.2 Å². The van der Waals surface area contributed by atoms with E-state index in [-0.39, 0.29) is 39.3 Å². The van der Waals surface area contributed by atoms with Crippen molar-refractivity contribution in [3.05, 3.63) is 0 Å². The van der Waals surface area contributed by atoms with Gasteiger partial charge in [-0.15, -0.1) is 0 Å². The number of hydrogen-bond donors (Lipinski definition) is 6. The van der Waals surface area contributed by atoms with Crippen LogP contribution >= 0.6 is 0 Å². The Labute approximate surface area is 167 Å². The van der Waals surface area contributed by atoms with Crippen molar-refractivity contribution < 1.29 is 39.7 Å². The summed E-state index contributed by atoms with van der Waals surface area (Å²) in [5, 5.41) is 44.7. The number of carboxylic acid groups (broad SMARTS) is 3. The van der Waals surface area contributed by atoms with E-state index in [1.54, 1.807) is 11.8 Å². The van der Waals surface area contributed by atoms with E-state index < -0.39 is 29.4 Å². The molecule has 6 N–H and O–H groups in total. The second-order valence-corrected chi connectivity index (χ2v) is 6.50. The van der Waals surface area contributed by atoms with E-state index in [0.717, 1.165) is 4.90 Å². The molecule has 166 valence electrons. The Balaban J connectivity index is 3.11. The topological polar surface area (TPSA) is 183 Å². The molecule has 0 aliphatic carbocycles. The summed E-state index contributed by atoms with van der Waals surface area (Å²) in [4.78, 5) is 49.7. The molecule has 0 radical (unpaired) electrons. The van der Waals surface area contributed by atoms with Crippen LogP contribution in [0.3, 0.4) is 0 Å². The summed E-state index contributed by atoms with van der Waals surface area (Å²) in [5.41, 5.74) is -3.15. The molecule has 0 aromatic rings. The van der Waals surface area contributed by atoms with Crippen molar-refractivity contribution in [1.82, 2.24) is 25.5 Å². The van der Waals surface area contributed by atoms with E-state index in [1.807, 2.05) is 0 Å². The Morgan fingerprint density at radius 3 is 1.86 bits per heavy atom. The van der Waals surface area contributed by atoms with Gasteiger partial charge in [-0.25, -0.2) is 19.4 Å². The van der Waals surface area contributed by atoms with Gasteiger partial charge in [-0.05, 0) is 6.92 Å². The highest BCUT2D eigenvalue weighted by atomic mass is 16.5. The lowest BCUT2D eigenvalue weighted by Crippen LogP contribution is -2.67. The molecule has 0 spiro atoms. The lowest BCUT2D eigenvalue weighted by molar-refractivity contribution is -0.179. The van der Waals surface area contributed by atoms with E-state index >= 15 is 0 Å². The van der Waals surface area contributed by atoms with Crippen molar-refractivity contribution >= 4 is 23.8 Å². The molecule has 0 atom stereocenters. The van der Waals surface area contributed by atoms with Gasteiger partial charge < -0.3 is 26.0 Å². The van der Waals surface area contributed by atoms with Crippen molar-refractivity contribution in [2.24, 2.45) is 0 Å². The average molecular weight is 419 g/mol. The van der Waals surface area contributed by atoms with Gasteiger partial charge in [-0.3, -0.25) is 19.8 Å². The molecule has 0 unspecified atom stereocenters. The highest BCUT2D eigenvalue weighted by Crippen LogP contribution is 2.18. The molecule has 0 aromatic heterocycles. The number of likely N-dealkylation sites (N-methyl/N-ethyl adjacent to an activating group) is 1. The number of nitrogens with zero attached hydrogens (tertiary/aromatic N) is 3. The largest absolute Gasteiger partial charge is 0.479 e. The van der Waals surface area contributed by atoms with Gasteiger partial charge in [0.1, 0.15) is 0 Å². The van der Waals surface area contributed by atoms with Gasteiger partial charge in [-0.2, -0.15) is 0 Å². The minimum absolute atomic E-state index is 0.0283. The van der Waals surface area contributed by atoms with Gasteiger partial charge >= 0.3 is 23.4 Å². The van der Waals surface area contributed by atoms with Gasteiger partial charge in [0.2, 0.25) is 0 Å². The summed E-state index contributed by atoms with van der Waals surface area (Å²) in [6.45, 7) is 3.26. The molecule has 0 saturated carbocycles. The van der Waals surface area contributed by atoms with Crippen LogP contribution in [-0.2, 0) is 19.2 Å². The summed E-state index contributed by atoms with van der Waals surface area (Å²) in [5.74, 6) is -6.57. The zero-order valence-electron chi connectivity index (χ0n) is 16.3. The van der Waals surface area contributed by atoms with Crippen LogP contribution in [0.25, 0.3) is 0 Å². The van der Waals surface area contributed by atoms with Crippen LogP contribution in [0.4, 0.5) is 0 Å². The molecule has 1 fully saturated rings. The molecule has 29 heavy (non-hydrogen) atoms. The number of aliphatic carboxylic acids is 3. The Bertz CT molecular complexity index is 566. The summed E-state index contributed by atoms with van der Waals surface area (Å²) < 4.78 is 0. The second-order valence-electron chi connectivity index (χ2n) is 6.50. The number of amides is 1. The zero-order chi connectivity index (χ0) is 22.0. The Hall–Kier alpha value is -2.32. The standard InChI is InChI=1S/C16H29N5O8/c1-2-21(29)12(22)11-19-7-5-17-3-4-18-6-8-20(10-9-19)16(13(23)24,14(25)26)15(27)28/h17-18,29H,2-11H2,1H3,(H,23,24)(H,25,26)(H,27,28). The van der Waals surface area contributed by atoms with Crippen LogP contribution in [0.1, 0.15) is 6.92 Å². The number of nitrogens with one attached hydrogen (secondary N) is 2. The third-order valence-corrected chi connectivity index (χ3v) is 4.68. The number of hydrogen-bond acceptors (Lipinski definition) is 9. The number of hydroxylamine groups is 2. The first-order valence-electron chi connectivity index (χ1n) is 9.26. The van der Waals surface area contributed by atoms with Crippen LogP contribution in [-0.4, -0.2) is 130 Å². The third-order valence-electron chi connectivity index (χ3n) is 4.68. The Morgan fingerprint density at radius 2 is 1.38 bits per heavy atom. The van der Waals surface area contributed by atoms with Crippen molar-refractivity contribution in [3.63, 3.8) is 0 Å². The normalized spacial score (nSPS) is 18.3. The summed E-state index contributed by atoms with van der Waals surface area (Å²) in [7, 11) is 0. The second kappa shape index (κ2) is 11.6. The summed E-state index contributed by atoms with van der Waals surface area (Å²) >= 11 is 0. The summed E-state index contributed by atoms with van der Waals surface area (Å²) in [6.07, 6.45) is 0. The minimum Gasteiger partial charge on any atom is -0.479 e. The molecule has 1 aliphatic heterocycles. The molecule has 1 saturated heterocycles. The number of carbonyl (C=O) groups is 4. The molecule has 13 heteroatoms. The molecule has 1 aliphatic rings. The smallest absolute Gasteiger partial charge is 0.347 e. The number of carbonyl (C=O) groups excluding carboxylic acids is 1. The van der Waals surface area contributed by atoms with Crippen LogP contribution in [0, 0.1) is 0 Å². The monoisotopic (exact) mass is 419 g/mol. The van der Waals surface area contributed by atoms with Crippen LogP contribution in [0.5, 0.6) is 0 Å². The number of carboxylic acids is 3. The maximum atomic E-state index is 12.0. The Morgan fingerprint density at radius 1 is 0.862 bits per heavy atom. The van der Waals surface area contributed by atoms with Crippen molar-refractivity contribution in [3.8, 4) is 0 Å².